The van der Waals surface area contributed by atoms with Crippen LogP contribution >= 0.6 is 46.4 Å². The smallest absolute Gasteiger partial charge is 0.454 e. The monoisotopic (exact) mass is 544 g/mol. The maximum absolute atomic E-state index is 12.4. The van der Waals surface area contributed by atoms with Crippen LogP contribution < -0.4 is 14.2 Å². The topological polar surface area (TPSA) is 44.8 Å². The largest absolute Gasteiger partial charge is 0.494 e. The van der Waals surface area contributed by atoms with Crippen LogP contribution in [0.5, 0.6) is 17.2 Å². The molecule has 0 spiro atoms. The lowest BCUT2D eigenvalue weighted by molar-refractivity contribution is -0.0885. The predicted molar refractivity (Wildman–Crippen MR) is 123 cm³/mol. The Kier molecular flexibility index (Phi) is 11.0. The molecule has 0 N–H and O–H groups in total. The summed E-state index contributed by atoms with van der Waals surface area (Å²) >= 11 is 23.4. The number of ketones is 1. The van der Waals surface area contributed by atoms with E-state index in [4.69, 9.17) is 60.6 Å². The predicted octanol–water partition coefficient (Wildman–Crippen LogP) is 8.06. The second-order valence-electron chi connectivity index (χ2n) is 6.63. The standard InChI is InChI=1S/C22H19Cl4F3O4/c23-17-12-16(32-11-8-19(25)26)13-18(24)20(17)33-10-3-1-2-9-31-15-6-4-14(5-7-15)21(30)22(27,28)29/h4-8,12-13H,1-3,9-11H2. The number of halogens is 7. The van der Waals surface area contributed by atoms with Crippen LogP contribution in [0.2, 0.25) is 10.0 Å². The lowest BCUT2D eigenvalue weighted by Gasteiger charge is -2.12. The highest BCUT2D eigenvalue weighted by Gasteiger charge is 2.39. The molecular formula is C22H19Cl4F3O4. The Bertz CT molecular complexity index is 936. The molecule has 0 amide bonds. The van der Waals surface area contributed by atoms with Gasteiger partial charge in [-0.15, -0.1) is 0 Å². The molecule has 0 bridgehead atoms. The van der Waals surface area contributed by atoms with Crippen molar-refractivity contribution in [1.82, 2.24) is 0 Å². The van der Waals surface area contributed by atoms with Gasteiger partial charge in [0.05, 0.1) is 23.3 Å². The van der Waals surface area contributed by atoms with E-state index < -0.39 is 17.5 Å². The average molecular weight is 546 g/mol. The summed E-state index contributed by atoms with van der Waals surface area (Å²) in [5.74, 6) is -0.711. The van der Waals surface area contributed by atoms with Gasteiger partial charge in [0, 0.05) is 17.7 Å². The van der Waals surface area contributed by atoms with Gasteiger partial charge in [-0.25, -0.2) is 0 Å². The van der Waals surface area contributed by atoms with Crippen molar-refractivity contribution < 1.29 is 32.2 Å². The number of carbonyl (C=O) groups excluding carboxylic acids is 1. The molecule has 0 saturated carbocycles. The molecule has 0 aliphatic carbocycles. The number of carbonyl (C=O) groups is 1. The van der Waals surface area contributed by atoms with Crippen LogP contribution in [0.3, 0.4) is 0 Å². The lowest BCUT2D eigenvalue weighted by atomic mass is 10.1. The Balaban J connectivity index is 1.68. The van der Waals surface area contributed by atoms with Crippen LogP contribution in [0.4, 0.5) is 13.2 Å². The molecule has 4 nitrogen and oxygen atoms in total. The number of Topliss-reactive ketones (excluding diaryl/α,β-unsaturated/α-hetero) is 1. The Morgan fingerprint density at radius 3 is 1.97 bits per heavy atom. The molecule has 180 valence electrons. The summed E-state index contributed by atoms with van der Waals surface area (Å²) in [6.45, 7) is 0.895. The third kappa shape index (κ3) is 9.53. The summed E-state index contributed by atoms with van der Waals surface area (Å²) in [4.78, 5) is 11.2. The first-order valence-corrected chi connectivity index (χ1v) is 11.2. The van der Waals surface area contributed by atoms with Crippen LogP contribution in [-0.2, 0) is 0 Å². The van der Waals surface area contributed by atoms with Crippen molar-refractivity contribution in [1.29, 1.82) is 0 Å². The average Bonchev–Trinajstić information content (AvgIpc) is 2.73. The second kappa shape index (κ2) is 13.2. The van der Waals surface area contributed by atoms with E-state index in [9.17, 15) is 18.0 Å². The number of hydrogen-bond acceptors (Lipinski definition) is 4. The van der Waals surface area contributed by atoms with Crippen molar-refractivity contribution in [3.63, 3.8) is 0 Å². The van der Waals surface area contributed by atoms with E-state index in [0.717, 1.165) is 18.6 Å². The first-order valence-electron chi connectivity index (χ1n) is 9.68. The van der Waals surface area contributed by atoms with Gasteiger partial charge >= 0.3 is 6.18 Å². The van der Waals surface area contributed by atoms with Crippen LogP contribution in [-0.4, -0.2) is 31.8 Å². The van der Waals surface area contributed by atoms with Crippen molar-refractivity contribution in [2.24, 2.45) is 0 Å². The maximum atomic E-state index is 12.4. The van der Waals surface area contributed by atoms with Crippen LogP contribution in [0.1, 0.15) is 29.6 Å². The lowest BCUT2D eigenvalue weighted by Crippen LogP contribution is -2.22. The quantitative estimate of drug-likeness (QED) is 0.200. The molecule has 2 aromatic carbocycles. The van der Waals surface area contributed by atoms with E-state index in [-0.39, 0.29) is 11.1 Å². The Hall–Kier alpha value is -1.80. The molecule has 2 rings (SSSR count). The van der Waals surface area contributed by atoms with E-state index in [1.54, 1.807) is 12.1 Å². The SMILES string of the molecule is O=C(c1ccc(OCCCCCOc2c(Cl)cc(OCC=C(Cl)Cl)cc2Cl)cc1)C(F)(F)F. The molecule has 0 aliphatic heterocycles. The minimum Gasteiger partial charge on any atom is -0.494 e. The zero-order valence-electron chi connectivity index (χ0n) is 17.1. The zero-order chi connectivity index (χ0) is 24.4. The molecule has 11 heteroatoms. The summed E-state index contributed by atoms with van der Waals surface area (Å²) in [5.41, 5.74) is -0.430. The highest BCUT2D eigenvalue weighted by Crippen LogP contribution is 2.37. The van der Waals surface area contributed by atoms with Crippen molar-refractivity contribution >= 4 is 52.2 Å². The number of rotatable bonds is 12. The fourth-order valence-electron chi connectivity index (χ4n) is 2.57. The summed E-state index contributed by atoms with van der Waals surface area (Å²) in [6.07, 6.45) is -1.26. The Labute approximate surface area is 209 Å². The van der Waals surface area contributed by atoms with Gasteiger partial charge < -0.3 is 14.2 Å². The summed E-state index contributed by atoms with van der Waals surface area (Å²) < 4.78 is 53.9. The molecule has 0 aliphatic rings. The molecule has 0 unspecified atom stereocenters. The fourth-order valence-corrected chi connectivity index (χ4v) is 3.27. The molecule has 33 heavy (non-hydrogen) atoms. The highest BCUT2D eigenvalue weighted by molar-refractivity contribution is 6.55. The van der Waals surface area contributed by atoms with E-state index in [1.165, 1.54) is 18.2 Å². The third-order valence-corrected chi connectivity index (χ3v) is 5.01. The summed E-state index contributed by atoms with van der Waals surface area (Å²) in [5, 5.41) is 0.600. The van der Waals surface area contributed by atoms with E-state index in [2.05, 4.69) is 0 Å². The van der Waals surface area contributed by atoms with Gasteiger partial charge in [-0.2, -0.15) is 13.2 Å². The number of unbranched alkanes of at least 4 members (excludes halogenated alkanes) is 2. The molecule has 2 aromatic rings. The van der Waals surface area contributed by atoms with Gasteiger partial charge in [0.2, 0.25) is 0 Å². The number of hydrogen-bond donors (Lipinski definition) is 0. The number of ether oxygens (including phenoxy) is 3. The molecule has 0 heterocycles. The number of benzene rings is 2. The van der Waals surface area contributed by atoms with Gasteiger partial charge in [0.15, 0.2) is 5.75 Å². The minimum absolute atomic E-state index is 0.0906. The van der Waals surface area contributed by atoms with Crippen molar-refractivity contribution in [2.75, 3.05) is 19.8 Å². The van der Waals surface area contributed by atoms with E-state index >= 15 is 0 Å². The summed E-state index contributed by atoms with van der Waals surface area (Å²) in [7, 11) is 0. The summed E-state index contributed by atoms with van der Waals surface area (Å²) in [6, 6.07) is 7.99. The van der Waals surface area contributed by atoms with Gasteiger partial charge in [-0.1, -0.05) is 46.4 Å². The van der Waals surface area contributed by atoms with Crippen molar-refractivity contribution in [2.45, 2.75) is 25.4 Å². The Morgan fingerprint density at radius 1 is 0.848 bits per heavy atom. The van der Waals surface area contributed by atoms with Gasteiger partial charge in [0.25, 0.3) is 5.78 Å². The molecular weight excluding hydrogens is 527 g/mol. The first-order chi connectivity index (χ1) is 15.6. The van der Waals surface area contributed by atoms with Crippen LogP contribution in [0.25, 0.3) is 0 Å². The van der Waals surface area contributed by atoms with Crippen molar-refractivity contribution in [3.8, 4) is 17.2 Å². The number of alkyl halides is 3. The third-order valence-electron chi connectivity index (χ3n) is 4.14. The first kappa shape index (κ1) is 27.4. The van der Waals surface area contributed by atoms with Crippen LogP contribution in [0, 0.1) is 0 Å². The maximum Gasteiger partial charge on any atom is 0.454 e. The second-order valence-corrected chi connectivity index (χ2v) is 8.45. The van der Waals surface area contributed by atoms with Crippen LogP contribution in [0.15, 0.2) is 47.0 Å². The van der Waals surface area contributed by atoms with Gasteiger partial charge in [0.1, 0.15) is 22.6 Å². The molecule has 0 radical (unpaired) electrons. The van der Waals surface area contributed by atoms with Gasteiger partial charge in [-0.05, 0) is 49.6 Å². The molecule has 0 fully saturated rings. The molecule has 0 atom stereocenters. The fraction of sp³-hybridized carbons (Fsp3) is 0.318. The zero-order valence-corrected chi connectivity index (χ0v) is 20.1. The Morgan fingerprint density at radius 2 is 1.42 bits per heavy atom. The van der Waals surface area contributed by atoms with E-state index in [1.807, 2.05) is 0 Å². The van der Waals surface area contributed by atoms with Gasteiger partial charge in [-0.3, -0.25) is 4.79 Å². The highest BCUT2D eigenvalue weighted by atomic mass is 35.5. The molecule has 0 aromatic heterocycles. The minimum atomic E-state index is -4.90. The van der Waals surface area contributed by atoms with Crippen molar-refractivity contribution in [3.05, 3.63) is 62.6 Å². The normalized spacial score (nSPS) is 11.1. The molecule has 0 saturated heterocycles. The van der Waals surface area contributed by atoms with E-state index in [0.29, 0.717) is 53.3 Å².